The minimum atomic E-state index is -0.442. The van der Waals surface area contributed by atoms with Gasteiger partial charge in [0.25, 0.3) is 5.91 Å². The van der Waals surface area contributed by atoms with Gasteiger partial charge in [-0.1, -0.05) is 0 Å². The highest BCUT2D eigenvalue weighted by molar-refractivity contribution is 5.97. The molecule has 0 bridgehead atoms. The van der Waals surface area contributed by atoms with Crippen molar-refractivity contribution < 1.29 is 4.79 Å². The minimum Gasteiger partial charge on any atom is -0.369 e. The number of carbonyl (C=O) groups is 1. The summed E-state index contributed by atoms with van der Waals surface area (Å²) in [6, 6.07) is 3.52. The van der Waals surface area contributed by atoms with Gasteiger partial charge in [0.2, 0.25) is 0 Å². The molecule has 4 N–H and O–H groups in total. The first-order valence-corrected chi connectivity index (χ1v) is 7.11. The summed E-state index contributed by atoms with van der Waals surface area (Å²) in [5.41, 5.74) is 6.68. The molecule has 1 aromatic heterocycles. The normalized spacial score (nSPS) is 16.1. The molecule has 2 rings (SSSR count). The van der Waals surface area contributed by atoms with Crippen LogP contribution >= 0.6 is 0 Å². The molecule has 0 unspecified atom stereocenters. The van der Waals surface area contributed by atoms with Gasteiger partial charge in [0.15, 0.2) is 0 Å². The molecule has 6 nitrogen and oxygen atoms in total. The maximum Gasteiger partial charge on any atom is 0.252 e. The first kappa shape index (κ1) is 14.7. The molecule has 1 fully saturated rings. The van der Waals surface area contributed by atoms with E-state index in [1.54, 1.807) is 12.1 Å². The third-order valence-electron chi connectivity index (χ3n) is 3.45. The van der Waals surface area contributed by atoms with Crippen molar-refractivity contribution in [3.8, 4) is 0 Å². The Kier molecular flexibility index (Phi) is 5.31. The predicted octanol–water partition coefficient (Wildman–Crippen LogP) is 0.196. The number of carbonyl (C=O) groups excluding carboxylic acids is 1. The number of hydrogen-bond donors (Lipinski definition) is 3. The molecule has 0 radical (unpaired) electrons. The van der Waals surface area contributed by atoms with Gasteiger partial charge in [-0.2, -0.15) is 0 Å². The number of pyridine rings is 1. The molecule has 110 valence electrons. The largest absolute Gasteiger partial charge is 0.369 e. The highest BCUT2D eigenvalue weighted by Gasteiger charge is 2.11. The van der Waals surface area contributed by atoms with E-state index in [-0.39, 0.29) is 0 Å². The molecular formula is C14H23N5O. The van der Waals surface area contributed by atoms with Gasteiger partial charge in [0.1, 0.15) is 5.82 Å². The molecule has 1 aromatic rings. The highest BCUT2D eigenvalue weighted by Crippen LogP contribution is 2.12. The van der Waals surface area contributed by atoms with Gasteiger partial charge in [-0.15, -0.1) is 0 Å². The van der Waals surface area contributed by atoms with Crippen molar-refractivity contribution in [3.05, 3.63) is 23.4 Å². The van der Waals surface area contributed by atoms with Crippen molar-refractivity contribution in [2.75, 3.05) is 44.6 Å². The fourth-order valence-electron chi connectivity index (χ4n) is 2.33. The Morgan fingerprint density at radius 3 is 2.90 bits per heavy atom. The van der Waals surface area contributed by atoms with Crippen molar-refractivity contribution >= 4 is 11.7 Å². The fourth-order valence-corrected chi connectivity index (χ4v) is 2.33. The molecular weight excluding hydrogens is 254 g/mol. The average Bonchev–Trinajstić information content (AvgIpc) is 2.44. The van der Waals surface area contributed by atoms with Crippen molar-refractivity contribution in [1.82, 2.24) is 15.2 Å². The molecule has 0 aromatic carbocycles. The number of nitrogens with one attached hydrogen (secondary N) is 2. The van der Waals surface area contributed by atoms with Crippen LogP contribution in [0.25, 0.3) is 0 Å². The molecule has 20 heavy (non-hydrogen) atoms. The summed E-state index contributed by atoms with van der Waals surface area (Å²) in [4.78, 5) is 18.1. The number of primary amides is 1. The second-order valence-corrected chi connectivity index (χ2v) is 5.09. The van der Waals surface area contributed by atoms with Crippen LogP contribution in [0.1, 0.15) is 22.5 Å². The molecule has 0 spiro atoms. The van der Waals surface area contributed by atoms with Crippen molar-refractivity contribution in [1.29, 1.82) is 0 Å². The fraction of sp³-hybridized carbons (Fsp3) is 0.571. The molecule has 2 heterocycles. The zero-order valence-corrected chi connectivity index (χ0v) is 12.0. The van der Waals surface area contributed by atoms with Crippen LogP contribution in [-0.2, 0) is 0 Å². The maximum atomic E-state index is 11.3. The molecule has 1 aliphatic rings. The van der Waals surface area contributed by atoms with Crippen LogP contribution in [0, 0.1) is 6.92 Å². The molecule has 1 amide bonds. The monoisotopic (exact) mass is 277 g/mol. The third-order valence-corrected chi connectivity index (χ3v) is 3.45. The molecule has 0 saturated carbocycles. The standard InChI is InChI=1S/C14H23N5O/c1-11-3-4-12(13(15)20)14(18-11)17-5-2-8-19-9-6-16-7-10-19/h3-4,16H,2,5-10H2,1H3,(H2,15,20)(H,17,18). The second-order valence-electron chi connectivity index (χ2n) is 5.09. The summed E-state index contributed by atoms with van der Waals surface area (Å²) in [6.07, 6.45) is 1.02. The predicted molar refractivity (Wildman–Crippen MR) is 79.9 cm³/mol. The molecule has 6 heteroatoms. The summed E-state index contributed by atoms with van der Waals surface area (Å²) in [7, 11) is 0. The first-order valence-electron chi connectivity index (χ1n) is 7.11. The van der Waals surface area contributed by atoms with Crippen molar-refractivity contribution in [2.45, 2.75) is 13.3 Å². The Balaban J connectivity index is 1.81. The lowest BCUT2D eigenvalue weighted by Crippen LogP contribution is -2.44. The topological polar surface area (TPSA) is 83.3 Å². The summed E-state index contributed by atoms with van der Waals surface area (Å²) in [5.74, 6) is 0.153. The van der Waals surface area contributed by atoms with Gasteiger partial charge >= 0.3 is 0 Å². The Labute approximate surface area is 119 Å². The third kappa shape index (κ3) is 4.18. The lowest BCUT2D eigenvalue weighted by Gasteiger charge is -2.27. The number of amides is 1. The Morgan fingerprint density at radius 1 is 1.45 bits per heavy atom. The zero-order valence-electron chi connectivity index (χ0n) is 12.0. The number of rotatable bonds is 6. The molecule has 0 aliphatic carbocycles. The Bertz CT molecular complexity index is 457. The molecule has 1 saturated heterocycles. The van der Waals surface area contributed by atoms with Gasteiger partial charge in [-0.05, 0) is 32.0 Å². The number of hydrogen-bond acceptors (Lipinski definition) is 5. The van der Waals surface area contributed by atoms with Crippen LogP contribution in [0.3, 0.4) is 0 Å². The molecule has 1 aliphatic heterocycles. The van der Waals surface area contributed by atoms with E-state index in [1.165, 1.54) is 0 Å². The van der Waals surface area contributed by atoms with E-state index >= 15 is 0 Å². The minimum absolute atomic E-state index is 0.442. The van der Waals surface area contributed by atoms with Crippen LogP contribution in [0.15, 0.2) is 12.1 Å². The van der Waals surface area contributed by atoms with E-state index in [2.05, 4.69) is 20.5 Å². The highest BCUT2D eigenvalue weighted by atomic mass is 16.1. The van der Waals surface area contributed by atoms with Gasteiger partial charge < -0.3 is 21.3 Å². The smallest absolute Gasteiger partial charge is 0.252 e. The van der Waals surface area contributed by atoms with Crippen molar-refractivity contribution in [2.24, 2.45) is 5.73 Å². The van der Waals surface area contributed by atoms with E-state index in [1.807, 2.05) is 6.92 Å². The molecule has 0 atom stereocenters. The first-order chi connectivity index (χ1) is 9.66. The average molecular weight is 277 g/mol. The van der Waals surface area contributed by atoms with E-state index in [0.717, 1.165) is 51.4 Å². The number of anilines is 1. The zero-order chi connectivity index (χ0) is 14.4. The Morgan fingerprint density at radius 2 is 2.20 bits per heavy atom. The van der Waals surface area contributed by atoms with Gasteiger partial charge in [-0.25, -0.2) is 4.98 Å². The number of aryl methyl sites for hydroxylation is 1. The van der Waals surface area contributed by atoms with Gasteiger partial charge in [0, 0.05) is 38.4 Å². The summed E-state index contributed by atoms with van der Waals surface area (Å²) in [6.45, 7) is 8.10. The number of aromatic nitrogens is 1. The number of piperazine rings is 1. The van der Waals surface area contributed by atoms with Crippen LogP contribution in [-0.4, -0.2) is 55.1 Å². The lowest BCUT2D eigenvalue weighted by molar-refractivity contribution is 0.100. The summed E-state index contributed by atoms with van der Waals surface area (Å²) in [5, 5.41) is 6.56. The van der Waals surface area contributed by atoms with E-state index in [9.17, 15) is 4.79 Å². The van der Waals surface area contributed by atoms with Crippen molar-refractivity contribution in [3.63, 3.8) is 0 Å². The van der Waals surface area contributed by atoms with Crippen LogP contribution in [0.2, 0.25) is 0 Å². The van der Waals surface area contributed by atoms with Crippen LogP contribution in [0.4, 0.5) is 5.82 Å². The number of nitrogens with two attached hydrogens (primary N) is 1. The lowest BCUT2D eigenvalue weighted by atomic mass is 10.2. The quantitative estimate of drug-likeness (QED) is 0.647. The van der Waals surface area contributed by atoms with Gasteiger partial charge in [0.05, 0.1) is 5.56 Å². The SMILES string of the molecule is Cc1ccc(C(N)=O)c(NCCCN2CCNCC2)n1. The van der Waals surface area contributed by atoms with E-state index in [0.29, 0.717) is 11.4 Å². The number of nitrogens with zero attached hydrogens (tertiary/aromatic N) is 2. The second kappa shape index (κ2) is 7.21. The van der Waals surface area contributed by atoms with E-state index in [4.69, 9.17) is 5.73 Å². The summed E-state index contributed by atoms with van der Waals surface area (Å²) < 4.78 is 0. The van der Waals surface area contributed by atoms with E-state index < -0.39 is 5.91 Å². The van der Waals surface area contributed by atoms with Crippen LogP contribution < -0.4 is 16.4 Å². The summed E-state index contributed by atoms with van der Waals surface area (Å²) >= 11 is 0. The maximum absolute atomic E-state index is 11.3. The van der Waals surface area contributed by atoms with Crippen LogP contribution in [0.5, 0.6) is 0 Å². The van der Waals surface area contributed by atoms with Gasteiger partial charge in [-0.3, -0.25) is 4.79 Å². The Hall–Kier alpha value is -1.66.